The molecule has 2 heterocycles. The fourth-order valence-electron chi connectivity index (χ4n) is 5.20. The van der Waals surface area contributed by atoms with Crippen LogP contribution in [0.25, 0.3) is 0 Å². The monoisotopic (exact) mass is 480 g/mol. The van der Waals surface area contributed by atoms with Crippen molar-refractivity contribution in [1.29, 1.82) is 0 Å². The Morgan fingerprint density at radius 1 is 0.800 bits per heavy atom. The van der Waals surface area contributed by atoms with Crippen LogP contribution in [0.2, 0.25) is 0 Å². The number of halogens is 3. The number of esters is 1. The van der Waals surface area contributed by atoms with Gasteiger partial charge in [-0.3, -0.25) is 19.7 Å². The molecule has 0 bridgehead atoms. The van der Waals surface area contributed by atoms with E-state index in [2.05, 4.69) is 5.32 Å². The van der Waals surface area contributed by atoms with Crippen molar-refractivity contribution in [2.45, 2.75) is 11.6 Å². The summed E-state index contributed by atoms with van der Waals surface area (Å²) in [6.45, 7) is 0. The number of hydrogen-bond acceptors (Lipinski definition) is 5. The summed E-state index contributed by atoms with van der Waals surface area (Å²) in [7, 11) is 1.16. The van der Waals surface area contributed by atoms with Crippen molar-refractivity contribution in [1.82, 2.24) is 5.32 Å². The zero-order chi connectivity index (χ0) is 24.9. The van der Waals surface area contributed by atoms with Gasteiger partial charge in [0.15, 0.2) is 0 Å². The van der Waals surface area contributed by atoms with E-state index in [9.17, 15) is 27.6 Å². The Morgan fingerprint density at radius 2 is 1.26 bits per heavy atom. The van der Waals surface area contributed by atoms with Crippen LogP contribution in [-0.2, 0) is 24.7 Å². The normalized spacial score (nSPS) is 22.9. The van der Waals surface area contributed by atoms with Gasteiger partial charge in [-0.2, -0.15) is 0 Å². The van der Waals surface area contributed by atoms with E-state index in [-0.39, 0.29) is 5.69 Å². The van der Waals surface area contributed by atoms with Gasteiger partial charge in [0.25, 0.3) is 0 Å². The topological polar surface area (TPSA) is 75.7 Å². The number of methoxy groups -OCH3 is 1. The molecule has 0 unspecified atom stereocenters. The third-order valence-corrected chi connectivity index (χ3v) is 6.70. The maximum atomic E-state index is 13.9. The van der Waals surface area contributed by atoms with Crippen LogP contribution in [0.4, 0.5) is 18.9 Å². The molecule has 2 aliphatic rings. The van der Waals surface area contributed by atoms with Gasteiger partial charge in [0.1, 0.15) is 23.5 Å². The van der Waals surface area contributed by atoms with Crippen LogP contribution in [0, 0.1) is 29.3 Å². The van der Waals surface area contributed by atoms with Crippen LogP contribution >= 0.6 is 0 Å². The minimum absolute atomic E-state index is 0.145. The minimum Gasteiger partial charge on any atom is -0.468 e. The Kier molecular flexibility index (Phi) is 5.44. The number of hydrogen-bond donors (Lipinski definition) is 1. The molecular formula is C26H19F3N2O4. The van der Waals surface area contributed by atoms with Gasteiger partial charge in [0.05, 0.1) is 30.2 Å². The molecule has 2 amide bonds. The van der Waals surface area contributed by atoms with Crippen molar-refractivity contribution in [2.75, 3.05) is 12.0 Å². The predicted molar refractivity (Wildman–Crippen MR) is 118 cm³/mol. The standard InChI is InChI=1S/C26H19F3N2O4/c1-35-25(34)22-20-21(24(33)31(23(20)32)19-12-10-18(29)11-13-19)26(30-22,14-2-6-16(27)7-3-14)15-4-8-17(28)9-5-15/h2-13,20-22,30H,1H3/t20-,21+,22+/m1/s1. The van der Waals surface area contributed by atoms with Crippen LogP contribution < -0.4 is 10.2 Å². The molecular weight excluding hydrogens is 461 g/mol. The van der Waals surface area contributed by atoms with E-state index in [1.54, 1.807) is 0 Å². The molecule has 178 valence electrons. The molecule has 9 heteroatoms. The Balaban J connectivity index is 1.75. The largest absolute Gasteiger partial charge is 0.468 e. The van der Waals surface area contributed by atoms with Gasteiger partial charge in [0.2, 0.25) is 11.8 Å². The molecule has 1 N–H and O–H groups in total. The number of ether oxygens (including phenoxy) is 1. The number of imide groups is 1. The third-order valence-electron chi connectivity index (χ3n) is 6.70. The zero-order valence-corrected chi connectivity index (χ0v) is 18.4. The van der Waals surface area contributed by atoms with E-state index < -0.39 is 58.7 Å². The lowest BCUT2D eigenvalue weighted by Crippen LogP contribution is -2.52. The average Bonchev–Trinajstić information content (AvgIpc) is 3.35. The Bertz CT molecular complexity index is 1260. The number of benzene rings is 3. The van der Waals surface area contributed by atoms with Crippen molar-refractivity contribution in [3.8, 4) is 0 Å². The summed E-state index contributed by atoms with van der Waals surface area (Å²) in [6, 6.07) is 14.2. The number of nitrogens with one attached hydrogen (secondary N) is 1. The summed E-state index contributed by atoms with van der Waals surface area (Å²) >= 11 is 0. The van der Waals surface area contributed by atoms with Crippen molar-refractivity contribution in [3.05, 3.63) is 101 Å². The summed E-state index contributed by atoms with van der Waals surface area (Å²) in [4.78, 5) is 41.3. The molecule has 0 aromatic heterocycles. The fraction of sp³-hybridized carbons (Fsp3) is 0.192. The van der Waals surface area contributed by atoms with Crippen molar-refractivity contribution in [2.24, 2.45) is 11.8 Å². The van der Waals surface area contributed by atoms with Crippen molar-refractivity contribution in [3.63, 3.8) is 0 Å². The smallest absolute Gasteiger partial charge is 0.323 e. The van der Waals surface area contributed by atoms with Gasteiger partial charge in [0, 0.05) is 0 Å². The lowest BCUT2D eigenvalue weighted by molar-refractivity contribution is -0.145. The van der Waals surface area contributed by atoms with E-state index in [0.717, 1.165) is 24.1 Å². The summed E-state index contributed by atoms with van der Waals surface area (Å²) in [5, 5.41) is 3.12. The molecule has 2 fully saturated rings. The van der Waals surface area contributed by atoms with Gasteiger partial charge >= 0.3 is 5.97 Å². The van der Waals surface area contributed by atoms with Crippen molar-refractivity contribution < 1.29 is 32.3 Å². The maximum absolute atomic E-state index is 13.9. The minimum atomic E-state index is -1.49. The number of fused-ring (bicyclic) bond motifs is 1. The number of anilines is 1. The first-order chi connectivity index (χ1) is 16.8. The van der Waals surface area contributed by atoms with Crippen LogP contribution in [0.15, 0.2) is 72.8 Å². The van der Waals surface area contributed by atoms with E-state index in [1.165, 1.54) is 60.7 Å². The Morgan fingerprint density at radius 3 is 1.71 bits per heavy atom. The molecule has 3 aromatic rings. The summed E-state index contributed by atoms with van der Waals surface area (Å²) in [5.41, 5.74) is -0.554. The first-order valence-corrected chi connectivity index (χ1v) is 10.8. The summed E-state index contributed by atoms with van der Waals surface area (Å²) in [6.07, 6.45) is 0. The van der Waals surface area contributed by atoms with Gasteiger partial charge in [-0.05, 0) is 59.7 Å². The molecule has 6 nitrogen and oxygen atoms in total. The lowest BCUT2D eigenvalue weighted by Gasteiger charge is -2.36. The lowest BCUT2D eigenvalue weighted by atomic mass is 9.71. The highest BCUT2D eigenvalue weighted by Gasteiger charge is 2.68. The zero-order valence-electron chi connectivity index (χ0n) is 18.4. The molecule has 3 atom stereocenters. The van der Waals surface area contributed by atoms with Crippen LogP contribution in [0.3, 0.4) is 0 Å². The van der Waals surface area contributed by atoms with Crippen molar-refractivity contribution >= 4 is 23.5 Å². The Labute approximate surface area is 198 Å². The third kappa shape index (κ3) is 3.42. The van der Waals surface area contributed by atoms with Crippen LogP contribution in [-0.4, -0.2) is 30.9 Å². The first-order valence-electron chi connectivity index (χ1n) is 10.8. The maximum Gasteiger partial charge on any atom is 0.323 e. The summed E-state index contributed by atoms with van der Waals surface area (Å²) < 4.78 is 46.1. The van der Waals surface area contributed by atoms with Gasteiger partial charge in [-0.1, -0.05) is 24.3 Å². The second-order valence-corrected chi connectivity index (χ2v) is 8.46. The van der Waals surface area contributed by atoms with Gasteiger partial charge in [-0.15, -0.1) is 0 Å². The van der Waals surface area contributed by atoms with E-state index in [0.29, 0.717) is 11.1 Å². The van der Waals surface area contributed by atoms with Crippen LogP contribution in [0.5, 0.6) is 0 Å². The molecule has 0 radical (unpaired) electrons. The van der Waals surface area contributed by atoms with Crippen LogP contribution in [0.1, 0.15) is 11.1 Å². The highest BCUT2D eigenvalue weighted by Crippen LogP contribution is 2.52. The Hall–Kier alpha value is -3.98. The number of carbonyl (C=O) groups is 3. The molecule has 35 heavy (non-hydrogen) atoms. The SMILES string of the molecule is COC(=O)[C@H]1NC(c2ccc(F)cc2)(c2ccc(F)cc2)[C@@H]2C(=O)N(c3ccc(F)cc3)C(=O)[C@@H]12. The number of rotatable bonds is 4. The van der Waals surface area contributed by atoms with Gasteiger partial charge in [-0.25, -0.2) is 18.1 Å². The molecule has 0 saturated carbocycles. The second-order valence-electron chi connectivity index (χ2n) is 8.46. The van der Waals surface area contributed by atoms with E-state index >= 15 is 0 Å². The summed E-state index contributed by atoms with van der Waals surface area (Å²) in [5.74, 6) is -6.02. The highest BCUT2D eigenvalue weighted by atomic mass is 19.1. The molecule has 3 aromatic carbocycles. The molecule has 0 aliphatic carbocycles. The molecule has 2 aliphatic heterocycles. The molecule has 2 saturated heterocycles. The average molecular weight is 480 g/mol. The van der Waals surface area contributed by atoms with Gasteiger partial charge < -0.3 is 4.74 Å². The van der Waals surface area contributed by atoms with E-state index in [1.807, 2.05) is 0 Å². The fourth-order valence-corrected chi connectivity index (χ4v) is 5.20. The number of carbonyl (C=O) groups excluding carboxylic acids is 3. The van der Waals surface area contributed by atoms with E-state index in [4.69, 9.17) is 4.74 Å². The molecule has 0 spiro atoms. The number of amides is 2. The quantitative estimate of drug-likeness (QED) is 0.458. The predicted octanol–water partition coefficient (Wildman–Crippen LogP) is 3.30. The highest BCUT2D eigenvalue weighted by molar-refractivity contribution is 6.24. The number of nitrogens with zero attached hydrogens (tertiary/aromatic N) is 1. The molecule has 5 rings (SSSR count). The second kappa shape index (κ2) is 8.35. The first kappa shape index (κ1) is 22.8.